The zero-order valence-corrected chi connectivity index (χ0v) is 15.4. The van der Waals surface area contributed by atoms with Gasteiger partial charge in [0.05, 0.1) is 6.42 Å². The SMILES string of the molecule is CC1CN(Cc2ccccc2)CC(C)C1N(C)C(=O)Cc1ccn[nH]1. The van der Waals surface area contributed by atoms with Crippen molar-refractivity contribution in [2.45, 2.75) is 32.9 Å². The lowest BCUT2D eigenvalue weighted by molar-refractivity contribution is -0.135. The predicted octanol–water partition coefficient (Wildman–Crippen LogP) is 2.57. The Hall–Kier alpha value is -2.14. The third-order valence-corrected chi connectivity index (χ3v) is 5.25. The Morgan fingerprint density at radius 1 is 1.20 bits per heavy atom. The molecule has 1 amide bonds. The first-order valence-electron chi connectivity index (χ1n) is 9.04. The van der Waals surface area contributed by atoms with Crippen molar-refractivity contribution in [3.8, 4) is 0 Å². The van der Waals surface area contributed by atoms with Gasteiger partial charge in [-0.3, -0.25) is 14.8 Å². The Morgan fingerprint density at radius 2 is 1.88 bits per heavy atom. The minimum Gasteiger partial charge on any atom is -0.342 e. The van der Waals surface area contributed by atoms with Crippen molar-refractivity contribution in [2.75, 3.05) is 20.1 Å². The van der Waals surface area contributed by atoms with Gasteiger partial charge in [-0.1, -0.05) is 44.2 Å². The van der Waals surface area contributed by atoms with Gasteiger partial charge in [-0.15, -0.1) is 0 Å². The molecule has 1 aromatic heterocycles. The summed E-state index contributed by atoms with van der Waals surface area (Å²) in [7, 11) is 1.95. The fourth-order valence-electron chi connectivity index (χ4n) is 4.24. The fourth-order valence-corrected chi connectivity index (χ4v) is 4.24. The van der Waals surface area contributed by atoms with E-state index in [0.29, 0.717) is 18.3 Å². The number of piperidine rings is 1. The van der Waals surface area contributed by atoms with Crippen molar-refractivity contribution in [3.63, 3.8) is 0 Å². The number of nitrogens with one attached hydrogen (secondary N) is 1. The number of likely N-dealkylation sites (N-methyl/N-ethyl adjacent to an activating group) is 1. The van der Waals surface area contributed by atoms with E-state index in [9.17, 15) is 4.79 Å². The maximum Gasteiger partial charge on any atom is 0.228 e. The first-order valence-corrected chi connectivity index (χ1v) is 9.04. The Labute approximate surface area is 150 Å². The first kappa shape index (κ1) is 17.7. The molecule has 0 aliphatic carbocycles. The number of carbonyl (C=O) groups is 1. The molecule has 1 aliphatic rings. The topological polar surface area (TPSA) is 52.2 Å². The van der Waals surface area contributed by atoms with Crippen LogP contribution in [0.25, 0.3) is 0 Å². The molecule has 2 unspecified atom stereocenters. The zero-order valence-electron chi connectivity index (χ0n) is 15.4. The van der Waals surface area contributed by atoms with Crippen molar-refractivity contribution >= 4 is 5.91 Å². The number of amides is 1. The average molecular weight is 340 g/mol. The molecular weight excluding hydrogens is 312 g/mol. The number of hydrogen-bond donors (Lipinski definition) is 1. The van der Waals surface area contributed by atoms with Gasteiger partial charge in [0.1, 0.15) is 0 Å². The molecule has 1 fully saturated rings. The van der Waals surface area contributed by atoms with Crippen molar-refractivity contribution in [1.29, 1.82) is 0 Å². The standard InChI is InChI=1S/C20H28N4O/c1-15-12-24(14-17-7-5-4-6-8-17)13-16(2)20(15)23(3)19(25)11-18-9-10-21-22-18/h4-10,15-16,20H,11-14H2,1-3H3,(H,21,22). The van der Waals surface area contributed by atoms with Crippen LogP contribution in [0.15, 0.2) is 42.6 Å². The molecule has 2 heterocycles. The highest BCUT2D eigenvalue weighted by atomic mass is 16.2. The predicted molar refractivity (Wildman–Crippen MR) is 98.9 cm³/mol. The van der Waals surface area contributed by atoms with Gasteiger partial charge in [-0.2, -0.15) is 5.10 Å². The van der Waals surface area contributed by atoms with E-state index in [-0.39, 0.29) is 11.9 Å². The van der Waals surface area contributed by atoms with Crippen LogP contribution in [0, 0.1) is 11.8 Å². The second-order valence-electron chi connectivity index (χ2n) is 7.39. The zero-order chi connectivity index (χ0) is 17.8. The molecule has 1 aliphatic heterocycles. The minimum atomic E-state index is 0.157. The highest BCUT2D eigenvalue weighted by Gasteiger charge is 2.36. The molecule has 25 heavy (non-hydrogen) atoms. The van der Waals surface area contributed by atoms with Gasteiger partial charge in [0.2, 0.25) is 5.91 Å². The van der Waals surface area contributed by atoms with Crippen molar-refractivity contribution < 1.29 is 4.79 Å². The first-order chi connectivity index (χ1) is 12.0. The van der Waals surface area contributed by atoms with Crippen LogP contribution in [0.5, 0.6) is 0 Å². The Morgan fingerprint density at radius 3 is 2.48 bits per heavy atom. The van der Waals surface area contributed by atoms with Crippen LogP contribution >= 0.6 is 0 Å². The number of benzene rings is 1. The summed E-state index contributed by atoms with van der Waals surface area (Å²) in [6, 6.07) is 12.8. The molecule has 2 atom stereocenters. The van der Waals surface area contributed by atoms with Gasteiger partial charge >= 0.3 is 0 Å². The second-order valence-corrected chi connectivity index (χ2v) is 7.39. The van der Waals surface area contributed by atoms with Gasteiger partial charge in [0.15, 0.2) is 0 Å². The maximum atomic E-state index is 12.6. The molecule has 0 bridgehead atoms. The Kier molecular flexibility index (Phi) is 5.53. The van der Waals surface area contributed by atoms with Crippen molar-refractivity contribution in [3.05, 3.63) is 53.9 Å². The monoisotopic (exact) mass is 340 g/mol. The molecule has 5 nitrogen and oxygen atoms in total. The average Bonchev–Trinajstić information content (AvgIpc) is 3.08. The molecule has 0 saturated carbocycles. The summed E-state index contributed by atoms with van der Waals surface area (Å²) >= 11 is 0. The van der Waals surface area contributed by atoms with Crippen LogP contribution in [0.1, 0.15) is 25.1 Å². The van der Waals surface area contributed by atoms with Crippen molar-refractivity contribution in [1.82, 2.24) is 20.0 Å². The number of aromatic nitrogens is 2. The van der Waals surface area contributed by atoms with Crippen LogP contribution in [-0.4, -0.2) is 52.1 Å². The largest absolute Gasteiger partial charge is 0.342 e. The highest BCUT2D eigenvalue weighted by Crippen LogP contribution is 2.27. The van der Waals surface area contributed by atoms with Crippen LogP contribution < -0.4 is 0 Å². The maximum absolute atomic E-state index is 12.6. The second kappa shape index (κ2) is 7.83. The molecular formula is C20H28N4O. The summed E-state index contributed by atoms with van der Waals surface area (Å²) < 4.78 is 0. The number of likely N-dealkylation sites (tertiary alicyclic amines) is 1. The molecule has 3 rings (SSSR count). The van der Waals surface area contributed by atoms with Gasteiger partial charge in [-0.05, 0) is 23.5 Å². The molecule has 1 aromatic carbocycles. The number of nitrogens with zero attached hydrogens (tertiary/aromatic N) is 3. The van der Waals surface area contributed by atoms with Crippen LogP contribution in [0.3, 0.4) is 0 Å². The van der Waals surface area contributed by atoms with Gasteiger partial charge in [0.25, 0.3) is 0 Å². The summed E-state index contributed by atoms with van der Waals surface area (Å²) in [4.78, 5) is 17.1. The molecule has 5 heteroatoms. The lowest BCUT2D eigenvalue weighted by Gasteiger charge is -2.45. The van der Waals surface area contributed by atoms with Crippen LogP contribution in [0.2, 0.25) is 0 Å². The van der Waals surface area contributed by atoms with E-state index < -0.39 is 0 Å². The van der Waals surface area contributed by atoms with E-state index in [1.165, 1.54) is 5.56 Å². The third kappa shape index (κ3) is 4.28. The number of H-pyrrole nitrogens is 1. The lowest BCUT2D eigenvalue weighted by atomic mass is 9.84. The summed E-state index contributed by atoms with van der Waals surface area (Å²) in [5, 5.41) is 6.80. The van der Waals surface area contributed by atoms with E-state index in [4.69, 9.17) is 0 Å². The van der Waals surface area contributed by atoms with E-state index in [0.717, 1.165) is 25.3 Å². The normalized spacial score (nSPS) is 24.2. The molecule has 0 spiro atoms. The van der Waals surface area contributed by atoms with Crippen LogP contribution in [-0.2, 0) is 17.8 Å². The van der Waals surface area contributed by atoms with E-state index in [2.05, 4.69) is 59.3 Å². The summed E-state index contributed by atoms with van der Waals surface area (Å²) in [5.41, 5.74) is 2.22. The van der Waals surface area contributed by atoms with Crippen LogP contribution in [0.4, 0.5) is 0 Å². The summed E-state index contributed by atoms with van der Waals surface area (Å²) in [5.74, 6) is 1.05. The Balaban J connectivity index is 1.60. The number of carbonyl (C=O) groups excluding carboxylic acids is 1. The van der Waals surface area contributed by atoms with E-state index in [1.54, 1.807) is 6.20 Å². The lowest BCUT2D eigenvalue weighted by Crippen LogP contribution is -2.55. The van der Waals surface area contributed by atoms with E-state index >= 15 is 0 Å². The molecule has 1 N–H and O–H groups in total. The smallest absolute Gasteiger partial charge is 0.228 e. The van der Waals surface area contributed by atoms with Gasteiger partial charge < -0.3 is 4.90 Å². The Bertz CT molecular complexity index is 658. The number of rotatable bonds is 5. The number of hydrogen-bond acceptors (Lipinski definition) is 3. The third-order valence-electron chi connectivity index (χ3n) is 5.25. The quantitative estimate of drug-likeness (QED) is 0.910. The van der Waals surface area contributed by atoms with Gasteiger partial charge in [0, 0.05) is 44.6 Å². The summed E-state index contributed by atoms with van der Waals surface area (Å²) in [6.07, 6.45) is 2.08. The fraction of sp³-hybridized carbons (Fsp3) is 0.500. The number of aromatic amines is 1. The molecule has 1 saturated heterocycles. The molecule has 134 valence electrons. The van der Waals surface area contributed by atoms with E-state index in [1.807, 2.05) is 18.0 Å². The van der Waals surface area contributed by atoms with Gasteiger partial charge in [-0.25, -0.2) is 0 Å². The molecule has 0 radical (unpaired) electrons. The highest BCUT2D eigenvalue weighted by molar-refractivity contribution is 5.78. The molecule has 2 aromatic rings. The minimum absolute atomic E-state index is 0.157. The van der Waals surface area contributed by atoms with Crippen molar-refractivity contribution in [2.24, 2.45) is 11.8 Å². The summed E-state index contributed by atoms with van der Waals surface area (Å²) in [6.45, 7) is 7.54.